The van der Waals surface area contributed by atoms with Crippen LogP contribution in [-0.2, 0) is 13.0 Å². The molecule has 0 aliphatic heterocycles. The average Bonchev–Trinajstić information content (AvgIpc) is 2.72. The van der Waals surface area contributed by atoms with Gasteiger partial charge in [-0.25, -0.2) is 4.98 Å². The van der Waals surface area contributed by atoms with E-state index in [4.69, 9.17) is 10.9 Å². The third-order valence-corrected chi connectivity index (χ3v) is 2.82. The Labute approximate surface area is 112 Å². The molecule has 0 amide bonds. The van der Waals surface area contributed by atoms with E-state index in [1.54, 1.807) is 24.3 Å². The van der Waals surface area contributed by atoms with Crippen molar-refractivity contribution in [2.75, 3.05) is 0 Å². The standard InChI is InChI=1S/C12H13F3N4O/c13-12(14,15)5-6-19-9-4-2-1-3-8(9)17-11(19)7-10(16)18-20/h1-4,20H,5-7H2,(H2,16,18). The predicted molar refractivity (Wildman–Crippen MR) is 67.5 cm³/mol. The number of alkyl halides is 3. The number of halogens is 3. The molecule has 0 aliphatic carbocycles. The second-order valence-electron chi connectivity index (χ2n) is 4.30. The number of oxime groups is 1. The monoisotopic (exact) mass is 286 g/mol. The fraction of sp³-hybridized carbons (Fsp3) is 0.333. The van der Waals surface area contributed by atoms with Crippen LogP contribution in [0.3, 0.4) is 0 Å². The number of aryl methyl sites for hydroxylation is 1. The van der Waals surface area contributed by atoms with Crippen LogP contribution in [0, 0.1) is 0 Å². The van der Waals surface area contributed by atoms with Gasteiger partial charge in [0.15, 0.2) is 0 Å². The number of imidazole rings is 1. The molecule has 1 heterocycles. The van der Waals surface area contributed by atoms with Crippen LogP contribution in [0.25, 0.3) is 11.0 Å². The first kappa shape index (κ1) is 14.2. The van der Waals surface area contributed by atoms with Gasteiger partial charge in [-0.05, 0) is 12.1 Å². The Morgan fingerprint density at radius 2 is 2.05 bits per heavy atom. The van der Waals surface area contributed by atoms with Crippen LogP contribution in [0.2, 0.25) is 0 Å². The maximum atomic E-state index is 12.4. The second kappa shape index (κ2) is 5.40. The predicted octanol–water partition coefficient (Wildman–Crippen LogP) is 2.28. The molecule has 5 nitrogen and oxygen atoms in total. The summed E-state index contributed by atoms with van der Waals surface area (Å²) in [6.45, 7) is -0.252. The van der Waals surface area contributed by atoms with Gasteiger partial charge in [-0.2, -0.15) is 13.2 Å². The van der Waals surface area contributed by atoms with Crippen molar-refractivity contribution >= 4 is 16.9 Å². The number of amidine groups is 1. The van der Waals surface area contributed by atoms with Gasteiger partial charge in [0.05, 0.1) is 23.9 Å². The van der Waals surface area contributed by atoms with Gasteiger partial charge in [-0.15, -0.1) is 0 Å². The third-order valence-electron chi connectivity index (χ3n) is 2.82. The molecule has 0 saturated carbocycles. The molecule has 1 aromatic heterocycles. The number of hydrogen-bond acceptors (Lipinski definition) is 3. The molecule has 0 aliphatic rings. The van der Waals surface area contributed by atoms with Crippen LogP contribution in [0.5, 0.6) is 0 Å². The number of nitrogens with two attached hydrogens (primary N) is 1. The molecule has 108 valence electrons. The van der Waals surface area contributed by atoms with Gasteiger partial charge in [-0.1, -0.05) is 17.3 Å². The zero-order valence-electron chi connectivity index (χ0n) is 10.4. The molecule has 2 aromatic rings. The highest BCUT2D eigenvalue weighted by molar-refractivity contribution is 5.83. The summed E-state index contributed by atoms with van der Waals surface area (Å²) in [7, 11) is 0. The lowest BCUT2D eigenvalue weighted by Crippen LogP contribution is -2.19. The minimum Gasteiger partial charge on any atom is -0.409 e. The van der Waals surface area contributed by atoms with E-state index in [0.717, 1.165) is 0 Å². The summed E-state index contributed by atoms with van der Waals surface area (Å²) in [5, 5.41) is 11.4. The van der Waals surface area contributed by atoms with Gasteiger partial charge >= 0.3 is 6.18 Å². The van der Waals surface area contributed by atoms with Crippen LogP contribution in [0.4, 0.5) is 13.2 Å². The van der Waals surface area contributed by atoms with Crippen molar-refractivity contribution in [2.24, 2.45) is 10.9 Å². The van der Waals surface area contributed by atoms with Crippen molar-refractivity contribution < 1.29 is 18.4 Å². The Bertz CT molecular complexity index is 633. The lowest BCUT2D eigenvalue weighted by Gasteiger charge is -2.10. The maximum absolute atomic E-state index is 12.4. The van der Waals surface area contributed by atoms with Crippen LogP contribution < -0.4 is 5.73 Å². The van der Waals surface area contributed by atoms with Crippen molar-refractivity contribution in [3.8, 4) is 0 Å². The normalized spacial score (nSPS) is 13.1. The lowest BCUT2D eigenvalue weighted by atomic mass is 10.3. The summed E-state index contributed by atoms with van der Waals surface area (Å²) >= 11 is 0. The van der Waals surface area contributed by atoms with Gasteiger partial charge in [0.1, 0.15) is 11.7 Å². The second-order valence-corrected chi connectivity index (χ2v) is 4.30. The summed E-state index contributed by atoms with van der Waals surface area (Å²) in [6, 6.07) is 6.86. The topological polar surface area (TPSA) is 76.4 Å². The molecule has 0 radical (unpaired) electrons. The van der Waals surface area contributed by atoms with Crippen LogP contribution in [0.15, 0.2) is 29.4 Å². The number of para-hydroxylation sites is 2. The fourth-order valence-electron chi connectivity index (χ4n) is 1.95. The summed E-state index contributed by atoms with van der Waals surface area (Å²) in [5.41, 5.74) is 6.58. The van der Waals surface area contributed by atoms with E-state index in [1.165, 1.54) is 4.57 Å². The Kier molecular flexibility index (Phi) is 3.82. The number of fused-ring (bicyclic) bond motifs is 1. The molecule has 0 atom stereocenters. The zero-order chi connectivity index (χ0) is 14.8. The first-order valence-electron chi connectivity index (χ1n) is 5.88. The molecule has 1 aromatic carbocycles. The van der Waals surface area contributed by atoms with Gasteiger partial charge in [-0.3, -0.25) is 0 Å². The Morgan fingerprint density at radius 3 is 2.70 bits per heavy atom. The van der Waals surface area contributed by atoms with Crippen molar-refractivity contribution in [1.82, 2.24) is 9.55 Å². The van der Waals surface area contributed by atoms with Gasteiger partial charge in [0.25, 0.3) is 0 Å². The minimum atomic E-state index is -4.25. The van der Waals surface area contributed by atoms with Gasteiger partial charge < -0.3 is 15.5 Å². The first-order valence-corrected chi connectivity index (χ1v) is 5.88. The molecule has 0 unspecified atom stereocenters. The first-order chi connectivity index (χ1) is 9.40. The van der Waals surface area contributed by atoms with Crippen molar-refractivity contribution in [2.45, 2.75) is 25.6 Å². The van der Waals surface area contributed by atoms with E-state index in [0.29, 0.717) is 16.9 Å². The highest BCUT2D eigenvalue weighted by Gasteiger charge is 2.27. The van der Waals surface area contributed by atoms with E-state index in [9.17, 15) is 13.2 Å². The molecule has 2 rings (SSSR count). The molecular formula is C12H13F3N4O. The number of hydrogen-bond donors (Lipinski definition) is 2. The Hall–Kier alpha value is -2.25. The highest BCUT2D eigenvalue weighted by atomic mass is 19.4. The largest absolute Gasteiger partial charge is 0.409 e. The molecule has 8 heteroatoms. The Morgan fingerprint density at radius 1 is 1.35 bits per heavy atom. The van der Waals surface area contributed by atoms with Crippen LogP contribution in [-0.4, -0.2) is 26.8 Å². The molecule has 0 fully saturated rings. The molecule has 0 saturated heterocycles. The van der Waals surface area contributed by atoms with E-state index in [1.807, 2.05) is 0 Å². The molecular weight excluding hydrogens is 273 g/mol. The highest BCUT2D eigenvalue weighted by Crippen LogP contribution is 2.23. The number of nitrogens with zero attached hydrogens (tertiary/aromatic N) is 3. The van der Waals surface area contributed by atoms with Crippen LogP contribution in [0.1, 0.15) is 12.2 Å². The lowest BCUT2D eigenvalue weighted by molar-refractivity contribution is -0.136. The van der Waals surface area contributed by atoms with Crippen molar-refractivity contribution in [3.05, 3.63) is 30.1 Å². The third kappa shape index (κ3) is 3.19. The molecule has 0 spiro atoms. The zero-order valence-corrected chi connectivity index (χ0v) is 10.4. The smallest absolute Gasteiger partial charge is 0.390 e. The SMILES string of the molecule is NC(Cc1nc2ccccc2n1CCC(F)(F)F)=NO. The summed E-state index contributed by atoms with van der Waals surface area (Å²) in [5.74, 6) is 0.235. The number of benzene rings is 1. The quantitative estimate of drug-likeness (QED) is 0.392. The van der Waals surface area contributed by atoms with Crippen molar-refractivity contribution in [3.63, 3.8) is 0 Å². The fourth-order valence-corrected chi connectivity index (χ4v) is 1.95. The molecule has 0 bridgehead atoms. The molecule has 20 heavy (non-hydrogen) atoms. The average molecular weight is 286 g/mol. The summed E-state index contributed by atoms with van der Waals surface area (Å²) in [6.07, 6.45) is -5.22. The van der Waals surface area contributed by atoms with E-state index >= 15 is 0 Å². The number of rotatable bonds is 4. The van der Waals surface area contributed by atoms with E-state index < -0.39 is 12.6 Å². The minimum absolute atomic E-state index is 0.0109. The summed E-state index contributed by atoms with van der Waals surface area (Å²) in [4.78, 5) is 4.22. The van der Waals surface area contributed by atoms with Gasteiger partial charge in [0, 0.05) is 6.54 Å². The van der Waals surface area contributed by atoms with Crippen molar-refractivity contribution in [1.29, 1.82) is 0 Å². The maximum Gasteiger partial charge on any atom is 0.390 e. The van der Waals surface area contributed by atoms with E-state index in [-0.39, 0.29) is 18.8 Å². The summed E-state index contributed by atoms with van der Waals surface area (Å²) < 4.78 is 38.6. The molecule has 3 N–H and O–H groups in total. The van der Waals surface area contributed by atoms with E-state index in [2.05, 4.69) is 10.1 Å². The van der Waals surface area contributed by atoms with Crippen LogP contribution >= 0.6 is 0 Å². The van der Waals surface area contributed by atoms with Gasteiger partial charge in [0.2, 0.25) is 0 Å². The Balaban J connectivity index is 2.39. The number of aromatic nitrogens is 2.